The van der Waals surface area contributed by atoms with Crippen molar-refractivity contribution in [1.29, 1.82) is 5.26 Å². The van der Waals surface area contributed by atoms with Gasteiger partial charge in [-0.05, 0) is 35.9 Å². The molecule has 0 aliphatic rings. The summed E-state index contributed by atoms with van der Waals surface area (Å²) in [6.45, 7) is 0. The summed E-state index contributed by atoms with van der Waals surface area (Å²) in [5.41, 5.74) is 8.38. The van der Waals surface area contributed by atoms with Gasteiger partial charge in [-0.1, -0.05) is 18.2 Å². The fourth-order valence-corrected chi connectivity index (χ4v) is 2.18. The van der Waals surface area contributed by atoms with Crippen molar-refractivity contribution < 1.29 is 5.11 Å². The SMILES string of the molecule is N#Cc1cccc(Nc2nc(N)ncc2-c2cccc(O)c2)c1. The smallest absolute Gasteiger partial charge is 0.221 e. The van der Waals surface area contributed by atoms with Crippen molar-refractivity contribution in [1.82, 2.24) is 9.97 Å². The topological polar surface area (TPSA) is 108 Å². The first kappa shape index (κ1) is 14.4. The number of anilines is 3. The Balaban J connectivity index is 2.04. The van der Waals surface area contributed by atoms with E-state index in [4.69, 9.17) is 11.0 Å². The van der Waals surface area contributed by atoms with Crippen LogP contribution in [0.2, 0.25) is 0 Å². The van der Waals surface area contributed by atoms with Crippen LogP contribution in [0.15, 0.2) is 54.7 Å². The van der Waals surface area contributed by atoms with E-state index in [1.54, 1.807) is 42.6 Å². The van der Waals surface area contributed by atoms with Crippen LogP contribution in [0.4, 0.5) is 17.5 Å². The van der Waals surface area contributed by atoms with Gasteiger partial charge in [0.15, 0.2) is 0 Å². The van der Waals surface area contributed by atoms with E-state index >= 15 is 0 Å². The lowest BCUT2D eigenvalue weighted by molar-refractivity contribution is 0.475. The molecule has 4 N–H and O–H groups in total. The van der Waals surface area contributed by atoms with Crippen LogP contribution in [0.25, 0.3) is 11.1 Å². The van der Waals surface area contributed by atoms with E-state index in [1.165, 1.54) is 0 Å². The first-order valence-corrected chi connectivity index (χ1v) is 6.85. The zero-order chi connectivity index (χ0) is 16.2. The summed E-state index contributed by atoms with van der Waals surface area (Å²) in [7, 11) is 0. The summed E-state index contributed by atoms with van der Waals surface area (Å²) in [6.07, 6.45) is 1.59. The zero-order valence-corrected chi connectivity index (χ0v) is 12.1. The van der Waals surface area contributed by atoms with E-state index in [9.17, 15) is 5.11 Å². The molecule has 0 aliphatic carbocycles. The molecule has 2 aromatic carbocycles. The van der Waals surface area contributed by atoms with Crippen molar-refractivity contribution >= 4 is 17.5 Å². The molecule has 0 fully saturated rings. The minimum absolute atomic E-state index is 0.132. The van der Waals surface area contributed by atoms with Crippen molar-refractivity contribution in [2.24, 2.45) is 0 Å². The number of aromatic hydroxyl groups is 1. The number of nitriles is 1. The molecule has 0 unspecified atom stereocenters. The molecule has 0 amide bonds. The lowest BCUT2D eigenvalue weighted by Gasteiger charge is -2.12. The molecule has 0 bridgehead atoms. The summed E-state index contributed by atoms with van der Waals surface area (Å²) in [4.78, 5) is 8.23. The Bertz CT molecular complexity index is 901. The Morgan fingerprint density at radius 2 is 1.96 bits per heavy atom. The Morgan fingerprint density at radius 3 is 2.74 bits per heavy atom. The minimum atomic E-state index is 0.132. The van der Waals surface area contributed by atoms with Crippen molar-refractivity contribution in [3.05, 3.63) is 60.3 Å². The monoisotopic (exact) mass is 303 g/mol. The van der Waals surface area contributed by atoms with E-state index in [-0.39, 0.29) is 11.7 Å². The van der Waals surface area contributed by atoms with Crippen LogP contribution in [-0.4, -0.2) is 15.1 Å². The third-order valence-corrected chi connectivity index (χ3v) is 3.22. The number of phenols is 1. The highest BCUT2D eigenvalue weighted by molar-refractivity contribution is 5.79. The highest BCUT2D eigenvalue weighted by Gasteiger charge is 2.10. The van der Waals surface area contributed by atoms with Gasteiger partial charge in [-0.15, -0.1) is 0 Å². The maximum Gasteiger partial charge on any atom is 0.221 e. The molecule has 0 saturated heterocycles. The summed E-state index contributed by atoms with van der Waals surface area (Å²) < 4.78 is 0. The van der Waals surface area contributed by atoms with Crippen LogP contribution in [0.5, 0.6) is 5.75 Å². The molecule has 0 radical (unpaired) electrons. The van der Waals surface area contributed by atoms with Crippen molar-refractivity contribution in [3.8, 4) is 22.9 Å². The number of hydrogen-bond donors (Lipinski definition) is 3. The number of aromatic nitrogens is 2. The van der Waals surface area contributed by atoms with Crippen LogP contribution in [0.3, 0.4) is 0 Å². The van der Waals surface area contributed by atoms with E-state index in [0.717, 1.165) is 5.56 Å². The maximum absolute atomic E-state index is 9.66. The number of benzene rings is 2. The van der Waals surface area contributed by atoms with Gasteiger partial charge in [0.1, 0.15) is 11.6 Å². The van der Waals surface area contributed by atoms with Gasteiger partial charge in [-0.25, -0.2) is 4.98 Å². The molecule has 0 saturated carbocycles. The summed E-state index contributed by atoms with van der Waals surface area (Å²) >= 11 is 0. The summed E-state index contributed by atoms with van der Waals surface area (Å²) in [5, 5.41) is 21.8. The number of phenolic OH excluding ortho intramolecular Hbond substituents is 1. The molecule has 1 aromatic heterocycles. The average molecular weight is 303 g/mol. The normalized spacial score (nSPS) is 10.0. The Labute approximate surface area is 132 Å². The quantitative estimate of drug-likeness (QED) is 0.686. The van der Waals surface area contributed by atoms with Gasteiger partial charge in [0.2, 0.25) is 5.95 Å². The second-order valence-electron chi connectivity index (χ2n) is 4.86. The first-order valence-electron chi connectivity index (χ1n) is 6.85. The Morgan fingerprint density at radius 1 is 1.13 bits per heavy atom. The molecule has 0 aliphatic heterocycles. The Kier molecular flexibility index (Phi) is 3.77. The second-order valence-corrected chi connectivity index (χ2v) is 4.86. The van der Waals surface area contributed by atoms with Crippen molar-refractivity contribution in [3.63, 3.8) is 0 Å². The molecule has 0 spiro atoms. The van der Waals surface area contributed by atoms with Gasteiger partial charge in [0, 0.05) is 17.4 Å². The average Bonchev–Trinajstić information content (AvgIpc) is 2.55. The maximum atomic E-state index is 9.66. The van der Waals surface area contributed by atoms with E-state index < -0.39 is 0 Å². The molecular weight excluding hydrogens is 290 g/mol. The van der Waals surface area contributed by atoms with E-state index in [0.29, 0.717) is 22.6 Å². The summed E-state index contributed by atoms with van der Waals surface area (Å²) in [6, 6.07) is 15.9. The minimum Gasteiger partial charge on any atom is -0.508 e. The zero-order valence-electron chi connectivity index (χ0n) is 12.1. The van der Waals surface area contributed by atoms with Crippen molar-refractivity contribution in [2.75, 3.05) is 11.1 Å². The predicted molar refractivity (Wildman–Crippen MR) is 88.0 cm³/mol. The fraction of sp³-hybridized carbons (Fsp3) is 0. The molecule has 3 rings (SSSR count). The molecule has 6 nitrogen and oxygen atoms in total. The van der Waals surface area contributed by atoms with Crippen LogP contribution in [-0.2, 0) is 0 Å². The van der Waals surface area contributed by atoms with Crippen LogP contribution in [0.1, 0.15) is 5.56 Å². The van der Waals surface area contributed by atoms with Gasteiger partial charge in [-0.2, -0.15) is 10.2 Å². The molecule has 1 heterocycles. The fourth-order valence-electron chi connectivity index (χ4n) is 2.18. The van der Waals surface area contributed by atoms with Crippen LogP contribution < -0.4 is 11.1 Å². The molecular formula is C17H13N5O. The number of rotatable bonds is 3. The highest BCUT2D eigenvalue weighted by Crippen LogP contribution is 2.30. The standard InChI is InChI=1S/C17H13N5O/c18-9-11-3-1-5-13(7-11)21-16-15(10-20-17(19)22-16)12-4-2-6-14(23)8-12/h1-8,10,23H,(H3,19,20,21,22). The number of nitrogens with one attached hydrogen (secondary N) is 1. The van der Waals surface area contributed by atoms with Gasteiger partial charge in [-0.3, -0.25) is 0 Å². The predicted octanol–water partition coefficient (Wildman–Crippen LogP) is 3.05. The van der Waals surface area contributed by atoms with E-state index in [1.807, 2.05) is 12.1 Å². The third-order valence-electron chi connectivity index (χ3n) is 3.22. The Hall–Kier alpha value is -3.59. The molecule has 6 heteroatoms. The highest BCUT2D eigenvalue weighted by atomic mass is 16.3. The van der Waals surface area contributed by atoms with Crippen LogP contribution >= 0.6 is 0 Å². The largest absolute Gasteiger partial charge is 0.508 e. The van der Waals surface area contributed by atoms with Crippen molar-refractivity contribution in [2.45, 2.75) is 0 Å². The lowest BCUT2D eigenvalue weighted by atomic mass is 10.1. The van der Waals surface area contributed by atoms with Gasteiger partial charge < -0.3 is 16.2 Å². The summed E-state index contributed by atoms with van der Waals surface area (Å²) in [5.74, 6) is 0.780. The number of nitrogen functional groups attached to an aromatic ring is 1. The van der Waals surface area contributed by atoms with Gasteiger partial charge in [0.05, 0.1) is 11.6 Å². The third kappa shape index (κ3) is 3.19. The van der Waals surface area contributed by atoms with Crippen LogP contribution in [0, 0.1) is 11.3 Å². The molecule has 23 heavy (non-hydrogen) atoms. The molecule has 112 valence electrons. The van der Waals surface area contributed by atoms with E-state index in [2.05, 4.69) is 21.4 Å². The second kappa shape index (κ2) is 6.03. The molecule has 3 aromatic rings. The number of hydrogen-bond acceptors (Lipinski definition) is 6. The number of nitrogens with two attached hydrogens (primary N) is 1. The van der Waals surface area contributed by atoms with Gasteiger partial charge >= 0.3 is 0 Å². The van der Waals surface area contributed by atoms with Gasteiger partial charge in [0.25, 0.3) is 0 Å². The lowest BCUT2D eigenvalue weighted by Crippen LogP contribution is -2.02. The first-order chi connectivity index (χ1) is 11.2. The number of nitrogens with zero attached hydrogens (tertiary/aromatic N) is 3. The molecule has 0 atom stereocenters.